The SMILES string of the molecule is Cc1ccc(-n2nc(C)c(-c3ccccc3)c2NC(=O)CN(C(=O)c2ccccc2F)C(C)C)cc1. The van der Waals surface area contributed by atoms with Crippen LogP contribution in [0.2, 0.25) is 0 Å². The highest BCUT2D eigenvalue weighted by molar-refractivity contribution is 6.01. The lowest BCUT2D eigenvalue weighted by Gasteiger charge is -2.26. The van der Waals surface area contributed by atoms with Crippen LogP contribution in [0.5, 0.6) is 0 Å². The largest absolute Gasteiger partial charge is 0.327 e. The van der Waals surface area contributed by atoms with Crippen LogP contribution in [0.1, 0.15) is 35.5 Å². The quantitative estimate of drug-likeness (QED) is 0.361. The van der Waals surface area contributed by atoms with Gasteiger partial charge in [-0.3, -0.25) is 9.59 Å². The highest BCUT2D eigenvalue weighted by Crippen LogP contribution is 2.33. The standard InChI is InChI=1S/C29H29FN4O2/c1-19(2)33(29(36)24-12-8-9-13-25(24)30)18-26(35)31-28-27(22-10-6-5-7-11-22)21(4)32-34(28)23-16-14-20(3)15-17-23/h5-17,19H,18H2,1-4H3,(H,31,35). The van der Waals surface area contributed by atoms with Crippen molar-refractivity contribution in [2.24, 2.45) is 0 Å². The van der Waals surface area contributed by atoms with E-state index in [1.807, 2.05) is 68.4 Å². The number of nitrogens with zero attached hydrogens (tertiary/aromatic N) is 3. The Kier molecular flexibility index (Phi) is 7.29. The second-order valence-electron chi connectivity index (χ2n) is 8.98. The molecule has 3 aromatic carbocycles. The average molecular weight is 485 g/mol. The Hall–Kier alpha value is -4.26. The minimum Gasteiger partial charge on any atom is -0.327 e. The van der Waals surface area contributed by atoms with Crippen LogP contribution >= 0.6 is 0 Å². The number of aromatic nitrogens is 2. The van der Waals surface area contributed by atoms with Crippen LogP contribution in [-0.2, 0) is 4.79 Å². The van der Waals surface area contributed by atoms with Gasteiger partial charge in [0, 0.05) is 11.6 Å². The zero-order valence-corrected chi connectivity index (χ0v) is 20.8. The van der Waals surface area contributed by atoms with Crippen molar-refractivity contribution >= 4 is 17.6 Å². The van der Waals surface area contributed by atoms with E-state index in [0.717, 1.165) is 28.1 Å². The molecule has 0 saturated heterocycles. The topological polar surface area (TPSA) is 67.2 Å². The van der Waals surface area contributed by atoms with Crippen LogP contribution in [0.25, 0.3) is 16.8 Å². The van der Waals surface area contributed by atoms with Crippen molar-refractivity contribution in [3.63, 3.8) is 0 Å². The van der Waals surface area contributed by atoms with E-state index in [-0.39, 0.29) is 18.2 Å². The monoisotopic (exact) mass is 484 g/mol. The van der Waals surface area contributed by atoms with Crippen molar-refractivity contribution in [1.82, 2.24) is 14.7 Å². The highest BCUT2D eigenvalue weighted by atomic mass is 19.1. The van der Waals surface area contributed by atoms with Crippen molar-refractivity contribution in [3.05, 3.63) is 102 Å². The second kappa shape index (κ2) is 10.6. The van der Waals surface area contributed by atoms with Crippen molar-refractivity contribution in [2.45, 2.75) is 33.7 Å². The Morgan fingerprint density at radius 3 is 2.22 bits per heavy atom. The van der Waals surface area contributed by atoms with E-state index in [2.05, 4.69) is 5.32 Å². The van der Waals surface area contributed by atoms with Gasteiger partial charge in [0.15, 0.2) is 0 Å². The fraction of sp³-hybridized carbons (Fsp3) is 0.207. The van der Waals surface area contributed by atoms with Crippen LogP contribution in [-0.4, -0.2) is 39.1 Å². The van der Waals surface area contributed by atoms with Crippen molar-refractivity contribution in [3.8, 4) is 16.8 Å². The predicted octanol–water partition coefficient (Wildman–Crippen LogP) is 5.78. The third-order valence-electron chi connectivity index (χ3n) is 5.96. The number of halogens is 1. The zero-order valence-electron chi connectivity index (χ0n) is 20.8. The number of rotatable bonds is 7. The van der Waals surface area contributed by atoms with Crippen molar-refractivity contribution in [1.29, 1.82) is 0 Å². The average Bonchev–Trinajstić information content (AvgIpc) is 3.18. The number of hydrogen-bond donors (Lipinski definition) is 1. The van der Waals surface area contributed by atoms with E-state index in [1.54, 1.807) is 24.6 Å². The molecule has 184 valence electrons. The third kappa shape index (κ3) is 5.20. The highest BCUT2D eigenvalue weighted by Gasteiger charge is 2.26. The fourth-order valence-corrected chi connectivity index (χ4v) is 4.07. The van der Waals surface area contributed by atoms with Crippen LogP contribution in [0, 0.1) is 19.7 Å². The first kappa shape index (κ1) is 24.9. The number of carbonyl (C=O) groups excluding carboxylic acids is 2. The maximum atomic E-state index is 14.3. The van der Waals surface area contributed by atoms with Gasteiger partial charge in [-0.1, -0.05) is 60.2 Å². The summed E-state index contributed by atoms with van der Waals surface area (Å²) in [5.74, 6) is -1.05. The summed E-state index contributed by atoms with van der Waals surface area (Å²) in [6.07, 6.45) is 0. The van der Waals surface area contributed by atoms with Crippen LogP contribution in [0.3, 0.4) is 0 Å². The van der Waals surface area contributed by atoms with Gasteiger partial charge >= 0.3 is 0 Å². The molecule has 1 N–H and O–H groups in total. The summed E-state index contributed by atoms with van der Waals surface area (Å²) in [5, 5.41) is 7.71. The van der Waals surface area contributed by atoms with Gasteiger partial charge in [-0.05, 0) is 57.5 Å². The molecule has 0 unspecified atom stereocenters. The first-order valence-corrected chi connectivity index (χ1v) is 11.8. The molecule has 6 nitrogen and oxygen atoms in total. The predicted molar refractivity (Wildman–Crippen MR) is 140 cm³/mol. The number of carbonyl (C=O) groups is 2. The Bertz CT molecular complexity index is 1380. The molecule has 4 aromatic rings. The number of amides is 2. The minimum atomic E-state index is -0.618. The van der Waals surface area contributed by atoms with Gasteiger partial charge in [0.05, 0.1) is 16.9 Å². The lowest BCUT2D eigenvalue weighted by molar-refractivity contribution is -0.117. The summed E-state index contributed by atoms with van der Waals surface area (Å²) < 4.78 is 16.0. The molecule has 0 aliphatic heterocycles. The van der Waals surface area contributed by atoms with Crippen molar-refractivity contribution < 1.29 is 14.0 Å². The molecular formula is C29H29FN4O2. The van der Waals surface area contributed by atoms with Gasteiger partial charge in [-0.25, -0.2) is 9.07 Å². The maximum Gasteiger partial charge on any atom is 0.257 e. The van der Waals surface area contributed by atoms with E-state index in [0.29, 0.717) is 5.82 Å². The first-order valence-electron chi connectivity index (χ1n) is 11.8. The molecule has 0 atom stereocenters. The molecule has 0 bridgehead atoms. The molecule has 2 amide bonds. The molecule has 0 fully saturated rings. The van der Waals surface area contributed by atoms with E-state index >= 15 is 0 Å². The van der Waals surface area contributed by atoms with Crippen LogP contribution in [0.15, 0.2) is 78.9 Å². The third-order valence-corrected chi connectivity index (χ3v) is 5.96. The Morgan fingerprint density at radius 2 is 1.58 bits per heavy atom. The summed E-state index contributed by atoms with van der Waals surface area (Å²) in [4.78, 5) is 27.8. The number of nitrogens with one attached hydrogen (secondary N) is 1. The minimum absolute atomic E-state index is 0.0653. The molecule has 1 heterocycles. The van der Waals surface area contributed by atoms with Gasteiger partial charge in [-0.2, -0.15) is 5.10 Å². The molecule has 0 radical (unpaired) electrons. The summed E-state index contributed by atoms with van der Waals surface area (Å²) in [7, 11) is 0. The molecule has 4 rings (SSSR count). The van der Waals surface area contributed by atoms with E-state index in [4.69, 9.17) is 5.10 Å². The Morgan fingerprint density at radius 1 is 0.944 bits per heavy atom. The van der Waals surface area contributed by atoms with E-state index in [1.165, 1.54) is 23.1 Å². The summed E-state index contributed by atoms with van der Waals surface area (Å²) >= 11 is 0. The molecule has 0 aliphatic carbocycles. The molecule has 36 heavy (non-hydrogen) atoms. The van der Waals surface area contributed by atoms with Gasteiger partial charge in [0.25, 0.3) is 5.91 Å². The summed E-state index contributed by atoms with van der Waals surface area (Å²) in [6, 6.07) is 23.0. The number of anilines is 1. The molecule has 0 saturated carbocycles. The zero-order chi connectivity index (χ0) is 25.8. The van der Waals surface area contributed by atoms with Gasteiger partial charge in [-0.15, -0.1) is 0 Å². The Balaban J connectivity index is 1.70. The van der Waals surface area contributed by atoms with Gasteiger partial charge in [0.2, 0.25) is 5.91 Å². The van der Waals surface area contributed by atoms with Gasteiger partial charge in [0.1, 0.15) is 18.2 Å². The lowest BCUT2D eigenvalue weighted by atomic mass is 10.1. The summed E-state index contributed by atoms with van der Waals surface area (Å²) in [6.45, 7) is 7.25. The number of aryl methyl sites for hydroxylation is 2. The Labute approximate surface area is 210 Å². The van der Waals surface area contributed by atoms with Gasteiger partial charge < -0.3 is 10.2 Å². The molecule has 1 aromatic heterocycles. The molecule has 0 spiro atoms. The molecule has 7 heteroatoms. The van der Waals surface area contributed by atoms with E-state index < -0.39 is 17.6 Å². The normalized spacial score (nSPS) is 10.9. The lowest BCUT2D eigenvalue weighted by Crippen LogP contribution is -2.42. The van der Waals surface area contributed by atoms with E-state index in [9.17, 15) is 14.0 Å². The smallest absolute Gasteiger partial charge is 0.257 e. The molecular weight excluding hydrogens is 455 g/mol. The molecule has 0 aliphatic rings. The number of benzene rings is 3. The van der Waals surface area contributed by atoms with Crippen LogP contribution in [0.4, 0.5) is 10.2 Å². The summed E-state index contributed by atoms with van der Waals surface area (Å²) in [5.41, 5.74) is 4.29. The number of hydrogen-bond acceptors (Lipinski definition) is 3. The fourth-order valence-electron chi connectivity index (χ4n) is 4.07. The first-order chi connectivity index (χ1) is 17.3. The van der Waals surface area contributed by atoms with Crippen LogP contribution < -0.4 is 5.32 Å². The maximum absolute atomic E-state index is 14.3. The van der Waals surface area contributed by atoms with Crippen molar-refractivity contribution in [2.75, 3.05) is 11.9 Å². The second-order valence-corrected chi connectivity index (χ2v) is 8.98.